The average Bonchev–Trinajstić information content (AvgIpc) is 3.30. The van der Waals surface area contributed by atoms with E-state index in [1.165, 1.54) is 28.6 Å². The van der Waals surface area contributed by atoms with Gasteiger partial charge in [-0.05, 0) is 54.3 Å². The van der Waals surface area contributed by atoms with Gasteiger partial charge in [0.15, 0.2) is 0 Å². The number of carbonyl (C=O) groups excluding carboxylic acids is 1. The molecule has 0 N–H and O–H groups in total. The molecule has 3 aromatic rings. The van der Waals surface area contributed by atoms with E-state index in [1.807, 2.05) is 44.2 Å². The zero-order valence-electron chi connectivity index (χ0n) is 18.9. The number of nitrogens with zero attached hydrogens (tertiary/aromatic N) is 2. The van der Waals surface area contributed by atoms with Crippen LogP contribution >= 0.6 is 11.6 Å². The summed E-state index contributed by atoms with van der Waals surface area (Å²) in [5.41, 5.74) is 1.10. The maximum atomic E-state index is 13.4. The molecule has 33 heavy (non-hydrogen) atoms. The molecule has 1 heterocycles. The van der Waals surface area contributed by atoms with Gasteiger partial charge in [0.05, 0.1) is 24.2 Å². The third-order valence-corrected chi connectivity index (χ3v) is 7.20. The highest BCUT2D eigenvalue weighted by Crippen LogP contribution is 2.20. The lowest BCUT2D eigenvalue weighted by atomic mass is 10.1. The van der Waals surface area contributed by atoms with Crippen LogP contribution in [0.2, 0.25) is 5.02 Å². The minimum atomic E-state index is -3.87. The van der Waals surface area contributed by atoms with E-state index in [1.54, 1.807) is 23.3 Å². The van der Waals surface area contributed by atoms with Crippen molar-refractivity contribution in [2.24, 2.45) is 5.92 Å². The number of hydrogen-bond donors (Lipinski definition) is 0. The molecule has 0 atom stereocenters. The first-order valence-corrected chi connectivity index (χ1v) is 12.7. The van der Waals surface area contributed by atoms with Gasteiger partial charge >= 0.3 is 0 Å². The van der Waals surface area contributed by atoms with Crippen LogP contribution in [0.1, 0.15) is 25.2 Å². The lowest BCUT2D eigenvalue weighted by molar-refractivity contribution is -0.132. The van der Waals surface area contributed by atoms with Crippen LogP contribution in [-0.2, 0) is 27.8 Å². The molecule has 0 fully saturated rings. The highest BCUT2D eigenvalue weighted by atomic mass is 35.5. The van der Waals surface area contributed by atoms with Crippen LogP contribution in [0, 0.1) is 5.92 Å². The van der Waals surface area contributed by atoms with E-state index in [4.69, 9.17) is 16.0 Å². The van der Waals surface area contributed by atoms with Gasteiger partial charge in [0.25, 0.3) is 0 Å². The number of hydrogen-bond acceptors (Lipinski definition) is 4. The predicted octanol–water partition coefficient (Wildman–Crippen LogP) is 4.85. The van der Waals surface area contributed by atoms with Crippen molar-refractivity contribution >= 4 is 27.5 Å². The largest absolute Gasteiger partial charge is 0.467 e. The second-order valence-electron chi connectivity index (χ2n) is 8.28. The minimum Gasteiger partial charge on any atom is -0.467 e. The summed E-state index contributed by atoms with van der Waals surface area (Å²) in [4.78, 5) is 15.1. The molecule has 0 aliphatic carbocycles. The van der Waals surface area contributed by atoms with E-state index >= 15 is 0 Å². The van der Waals surface area contributed by atoms with Crippen LogP contribution in [-0.4, -0.2) is 43.2 Å². The minimum absolute atomic E-state index is 0.0442. The van der Waals surface area contributed by atoms with Crippen molar-refractivity contribution in [3.8, 4) is 0 Å². The van der Waals surface area contributed by atoms with Crippen LogP contribution in [0.3, 0.4) is 0 Å². The summed E-state index contributed by atoms with van der Waals surface area (Å²) in [6.45, 7) is 4.54. The molecule has 0 aliphatic rings. The van der Waals surface area contributed by atoms with Crippen molar-refractivity contribution in [3.05, 3.63) is 89.3 Å². The summed E-state index contributed by atoms with van der Waals surface area (Å²) in [5.74, 6) is 0.413. The summed E-state index contributed by atoms with van der Waals surface area (Å²) in [6, 6.07) is 19.4. The molecule has 0 spiro atoms. The van der Waals surface area contributed by atoms with Gasteiger partial charge in [0, 0.05) is 18.1 Å². The number of carbonyl (C=O) groups is 1. The van der Waals surface area contributed by atoms with Crippen LogP contribution in [0.5, 0.6) is 0 Å². The fourth-order valence-electron chi connectivity index (χ4n) is 3.45. The summed E-state index contributed by atoms with van der Waals surface area (Å²) >= 11 is 5.93. The van der Waals surface area contributed by atoms with Crippen LogP contribution in [0.4, 0.5) is 0 Å². The third-order valence-electron chi connectivity index (χ3n) is 5.12. The number of furan rings is 1. The second kappa shape index (κ2) is 11.5. The van der Waals surface area contributed by atoms with Crippen molar-refractivity contribution in [1.82, 2.24) is 9.21 Å². The predicted molar refractivity (Wildman–Crippen MR) is 129 cm³/mol. The van der Waals surface area contributed by atoms with Gasteiger partial charge in [-0.25, -0.2) is 8.42 Å². The highest BCUT2D eigenvalue weighted by molar-refractivity contribution is 7.89. The van der Waals surface area contributed by atoms with Gasteiger partial charge in [0.1, 0.15) is 5.76 Å². The maximum Gasteiger partial charge on any atom is 0.243 e. The van der Waals surface area contributed by atoms with Gasteiger partial charge in [-0.1, -0.05) is 55.8 Å². The Balaban J connectivity index is 1.81. The normalized spacial score (nSPS) is 11.8. The molecule has 8 heteroatoms. The molecule has 0 radical (unpaired) electrons. The summed E-state index contributed by atoms with van der Waals surface area (Å²) in [7, 11) is -3.87. The topological polar surface area (TPSA) is 70.8 Å². The Morgan fingerprint density at radius 3 is 2.30 bits per heavy atom. The van der Waals surface area contributed by atoms with Crippen LogP contribution in [0.25, 0.3) is 0 Å². The smallest absolute Gasteiger partial charge is 0.243 e. The first-order chi connectivity index (χ1) is 15.8. The van der Waals surface area contributed by atoms with Gasteiger partial charge in [-0.15, -0.1) is 0 Å². The molecular weight excluding hydrogens is 460 g/mol. The summed E-state index contributed by atoms with van der Waals surface area (Å²) in [6.07, 6.45) is 2.21. The van der Waals surface area contributed by atoms with Gasteiger partial charge < -0.3 is 9.32 Å². The Kier molecular flexibility index (Phi) is 8.72. The Morgan fingerprint density at radius 2 is 1.70 bits per heavy atom. The Bertz CT molecular complexity index is 1110. The number of benzene rings is 2. The van der Waals surface area contributed by atoms with Crippen molar-refractivity contribution in [1.29, 1.82) is 0 Å². The van der Waals surface area contributed by atoms with Crippen LogP contribution < -0.4 is 0 Å². The SMILES string of the molecule is CC(C)CN(CC(=O)N(CCc1ccccc1)Cc1ccco1)S(=O)(=O)c1ccc(Cl)cc1. The standard InChI is InChI=1S/C25H29ClN2O4S/c1-20(2)17-28(33(30,31)24-12-10-22(26)11-13-24)19-25(29)27(18-23-9-6-16-32-23)15-14-21-7-4-3-5-8-21/h3-13,16,20H,14-15,17-19H2,1-2H3. The molecule has 1 amide bonds. The number of halogens is 1. The third kappa shape index (κ3) is 7.19. The maximum absolute atomic E-state index is 13.4. The quantitative estimate of drug-likeness (QED) is 0.387. The van der Waals surface area contributed by atoms with Gasteiger partial charge in [0.2, 0.25) is 15.9 Å². The van der Waals surface area contributed by atoms with Crippen molar-refractivity contribution < 1.29 is 17.6 Å². The summed E-state index contributed by atoms with van der Waals surface area (Å²) in [5, 5.41) is 0.450. The molecule has 6 nitrogen and oxygen atoms in total. The zero-order valence-corrected chi connectivity index (χ0v) is 20.4. The first kappa shape index (κ1) is 25.0. The molecular formula is C25H29ClN2O4S. The van der Waals surface area contributed by atoms with Crippen LogP contribution in [0.15, 0.2) is 82.3 Å². The zero-order chi connectivity index (χ0) is 23.8. The Labute approximate surface area is 200 Å². The lowest BCUT2D eigenvalue weighted by Gasteiger charge is -2.28. The Hall–Kier alpha value is -2.61. The first-order valence-electron chi connectivity index (χ1n) is 10.9. The molecule has 176 valence electrons. The molecule has 0 bridgehead atoms. The monoisotopic (exact) mass is 488 g/mol. The van der Waals surface area contributed by atoms with E-state index in [0.29, 0.717) is 23.7 Å². The number of sulfonamides is 1. The van der Waals surface area contributed by atoms with E-state index in [9.17, 15) is 13.2 Å². The molecule has 2 aromatic carbocycles. The lowest BCUT2D eigenvalue weighted by Crippen LogP contribution is -2.44. The second-order valence-corrected chi connectivity index (χ2v) is 10.6. The van der Waals surface area contributed by atoms with Crippen molar-refractivity contribution in [3.63, 3.8) is 0 Å². The number of rotatable bonds is 11. The Morgan fingerprint density at radius 1 is 1.00 bits per heavy atom. The molecule has 0 unspecified atom stereocenters. The molecule has 0 aliphatic heterocycles. The highest BCUT2D eigenvalue weighted by Gasteiger charge is 2.29. The molecule has 0 saturated carbocycles. The van der Waals surface area contributed by atoms with Crippen molar-refractivity contribution in [2.75, 3.05) is 19.6 Å². The van der Waals surface area contributed by atoms with E-state index in [2.05, 4.69) is 0 Å². The summed E-state index contributed by atoms with van der Waals surface area (Å²) < 4.78 is 33.4. The fraction of sp³-hybridized carbons (Fsp3) is 0.320. The average molecular weight is 489 g/mol. The molecule has 0 saturated heterocycles. The van der Waals surface area contributed by atoms with E-state index in [-0.39, 0.29) is 36.4 Å². The molecule has 3 rings (SSSR count). The van der Waals surface area contributed by atoms with Gasteiger partial charge in [-0.2, -0.15) is 4.31 Å². The molecule has 1 aromatic heterocycles. The van der Waals surface area contributed by atoms with E-state index in [0.717, 1.165) is 5.56 Å². The van der Waals surface area contributed by atoms with E-state index < -0.39 is 10.0 Å². The fourth-order valence-corrected chi connectivity index (χ4v) is 5.13. The van der Waals surface area contributed by atoms with Crippen molar-refractivity contribution in [2.45, 2.75) is 31.7 Å². The number of amides is 1. The van der Waals surface area contributed by atoms with Gasteiger partial charge in [-0.3, -0.25) is 4.79 Å².